The topological polar surface area (TPSA) is 62.2 Å². The third-order valence-electron chi connectivity index (χ3n) is 3.45. The number of carbonyl (C=O) groups is 1. The molecular formula is C13H17FN2O2. The summed E-state index contributed by atoms with van der Waals surface area (Å²) >= 11 is 0. The lowest BCUT2D eigenvalue weighted by Gasteiger charge is -2.16. The number of nitrogens with zero attached hydrogens (tertiary/aromatic N) is 1. The summed E-state index contributed by atoms with van der Waals surface area (Å²) < 4.78 is 13.0. The Morgan fingerprint density at radius 3 is 2.89 bits per heavy atom. The molecule has 0 bridgehead atoms. The highest BCUT2D eigenvalue weighted by Gasteiger charge is 2.41. The van der Waals surface area contributed by atoms with Gasteiger partial charge in [0.2, 0.25) is 0 Å². The number of nitrogens with one attached hydrogen (secondary N) is 1. The molecule has 1 aliphatic carbocycles. The van der Waals surface area contributed by atoms with Gasteiger partial charge in [-0.1, -0.05) is 13.3 Å². The Labute approximate surface area is 105 Å². The zero-order valence-corrected chi connectivity index (χ0v) is 10.4. The van der Waals surface area contributed by atoms with E-state index in [4.69, 9.17) is 5.11 Å². The Hall–Kier alpha value is -1.65. The van der Waals surface area contributed by atoms with E-state index in [-0.39, 0.29) is 11.4 Å². The van der Waals surface area contributed by atoms with Gasteiger partial charge in [-0.15, -0.1) is 0 Å². The lowest BCUT2D eigenvalue weighted by Crippen LogP contribution is -2.18. The summed E-state index contributed by atoms with van der Waals surface area (Å²) in [6.45, 7) is 2.85. The van der Waals surface area contributed by atoms with Crippen LogP contribution in [0.4, 0.5) is 10.2 Å². The average molecular weight is 252 g/mol. The van der Waals surface area contributed by atoms with Crippen LogP contribution in [0, 0.1) is 11.2 Å². The normalized spacial score (nSPS) is 16.3. The molecule has 2 rings (SSSR count). The number of hydrogen-bond acceptors (Lipinski definition) is 3. The van der Waals surface area contributed by atoms with E-state index in [0.717, 1.165) is 37.9 Å². The second-order valence-corrected chi connectivity index (χ2v) is 4.96. The van der Waals surface area contributed by atoms with E-state index in [9.17, 15) is 9.18 Å². The SMILES string of the molecule is CCCC1(CNc2ncc(F)cc2C(=O)O)CC1. The third kappa shape index (κ3) is 2.78. The van der Waals surface area contributed by atoms with Gasteiger partial charge in [0, 0.05) is 6.54 Å². The summed E-state index contributed by atoms with van der Waals surface area (Å²) in [6.07, 6.45) is 5.61. The molecule has 1 aromatic heterocycles. The summed E-state index contributed by atoms with van der Waals surface area (Å²) in [5.41, 5.74) is 0.183. The molecule has 0 aromatic carbocycles. The number of halogens is 1. The monoisotopic (exact) mass is 252 g/mol. The Bertz CT molecular complexity index is 458. The highest BCUT2D eigenvalue weighted by atomic mass is 19.1. The molecule has 5 heteroatoms. The highest BCUT2D eigenvalue weighted by molar-refractivity contribution is 5.93. The molecule has 0 amide bonds. The molecular weight excluding hydrogens is 235 g/mol. The van der Waals surface area contributed by atoms with Crippen molar-refractivity contribution in [3.8, 4) is 0 Å². The molecule has 1 saturated carbocycles. The minimum Gasteiger partial charge on any atom is -0.478 e. The number of rotatable bonds is 6. The van der Waals surface area contributed by atoms with Gasteiger partial charge >= 0.3 is 5.97 Å². The van der Waals surface area contributed by atoms with Gasteiger partial charge in [0.15, 0.2) is 0 Å². The fraction of sp³-hybridized carbons (Fsp3) is 0.538. The minimum atomic E-state index is -1.16. The number of aromatic nitrogens is 1. The van der Waals surface area contributed by atoms with E-state index in [1.54, 1.807) is 0 Å². The number of anilines is 1. The second-order valence-electron chi connectivity index (χ2n) is 4.96. The standard InChI is InChI=1S/C13H17FN2O2/c1-2-3-13(4-5-13)8-16-11-10(12(17)18)6-9(14)7-15-11/h6-7H,2-5,8H2,1H3,(H,15,16)(H,17,18). The van der Waals surface area contributed by atoms with E-state index in [1.165, 1.54) is 0 Å². The minimum absolute atomic E-state index is 0.109. The van der Waals surface area contributed by atoms with Crippen LogP contribution in [0.2, 0.25) is 0 Å². The summed E-state index contributed by atoms with van der Waals surface area (Å²) in [7, 11) is 0. The largest absolute Gasteiger partial charge is 0.478 e. The maximum atomic E-state index is 13.0. The van der Waals surface area contributed by atoms with Crippen LogP contribution >= 0.6 is 0 Å². The molecule has 1 fully saturated rings. The lowest BCUT2D eigenvalue weighted by molar-refractivity contribution is 0.0697. The van der Waals surface area contributed by atoms with Crippen LogP contribution in [0.3, 0.4) is 0 Å². The molecule has 1 aliphatic rings. The van der Waals surface area contributed by atoms with Crippen molar-refractivity contribution < 1.29 is 14.3 Å². The van der Waals surface area contributed by atoms with E-state index < -0.39 is 11.8 Å². The Morgan fingerprint density at radius 1 is 1.61 bits per heavy atom. The predicted molar refractivity (Wildman–Crippen MR) is 66.2 cm³/mol. The number of carboxylic acids is 1. The van der Waals surface area contributed by atoms with E-state index >= 15 is 0 Å². The van der Waals surface area contributed by atoms with Gasteiger partial charge in [-0.25, -0.2) is 14.2 Å². The van der Waals surface area contributed by atoms with E-state index in [1.807, 2.05) is 0 Å². The van der Waals surface area contributed by atoms with Crippen LogP contribution in [-0.4, -0.2) is 22.6 Å². The Morgan fingerprint density at radius 2 is 2.33 bits per heavy atom. The van der Waals surface area contributed by atoms with Crippen LogP contribution in [0.25, 0.3) is 0 Å². The van der Waals surface area contributed by atoms with Crippen molar-refractivity contribution >= 4 is 11.8 Å². The summed E-state index contributed by atoms with van der Waals surface area (Å²) in [4.78, 5) is 14.8. The molecule has 0 unspecified atom stereocenters. The quantitative estimate of drug-likeness (QED) is 0.817. The first-order valence-corrected chi connectivity index (χ1v) is 6.19. The molecule has 0 aliphatic heterocycles. The fourth-order valence-corrected chi connectivity index (χ4v) is 2.24. The van der Waals surface area contributed by atoms with Crippen molar-refractivity contribution in [1.82, 2.24) is 4.98 Å². The summed E-state index contributed by atoms with van der Waals surface area (Å²) in [5, 5.41) is 12.0. The molecule has 0 spiro atoms. The number of hydrogen-bond donors (Lipinski definition) is 2. The molecule has 0 saturated heterocycles. The lowest BCUT2D eigenvalue weighted by atomic mass is 10.0. The van der Waals surface area contributed by atoms with Crippen molar-refractivity contribution in [2.45, 2.75) is 32.6 Å². The molecule has 4 nitrogen and oxygen atoms in total. The maximum absolute atomic E-state index is 13.0. The molecule has 1 heterocycles. The van der Waals surface area contributed by atoms with Crippen LogP contribution in [-0.2, 0) is 0 Å². The number of aromatic carboxylic acids is 1. The van der Waals surface area contributed by atoms with Crippen LogP contribution in [0.5, 0.6) is 0 Å². The van der Waals surface area contributed by atoms with Crippen molar-refractivity contribution in [3.63, 3.8) is 0 Å². The Kier molecular flexibility index (Phi) is 3.50. The molecule has 1 aromatic rings. The first-order chi connectivity index (χ1) is 8.56. The molecule has 0 atom stereocenters. The summed E-state index contributed by atoms with van der Waals surface area (Å²) in [5.74, 6) is -1.54. The highest BCUT2D eigenvalue weighted by Crippen LogP contribution is 2.49. The zero-order valence-electron chi connectivity index (χ0n) is 10.4. The van der Waals surface area contributed by atoms with Crippen molar-refractivity contribution in [3.05, 3.63) is 23.6 Å². The molecule has 2 N–H and O–H groups in total. The molecule has 0 radical (unpaired) electrons. The maximum Gasteiger partial charge on any atom is 0.339 e. The van der Waals surface area contributed by atoms with Gasteiger partial charge in [0.25, 0.3) is 0 Å². The van der Waals surface area contributed by atoms with Crippen LogP contribution in [0.1, 0.15) is 43.0 Å². The van der Waals surface area contributed by atoms with Crippen molar-refractivity contribution in [1.29, 1.82) is 0 Å². The first-order valence-electron chi connectivity index (χ1n) is 6.19. The first kappa shape index (κ1) is 12.8. The average Bonchev–Trinajstić information content (AvgIpc) is 3.08. The predicted octanol–water partition coefficient (Wildman–Crippen LogP) is 2.91. The third-order valence-corrected chi connectivity index (χ3v) is 3.45. The van der Waals surface area contributed by atoms with E-state index in [0.29, 0.717) is 12.0 Å². The number of pyridine rings is 1. The molecule has 98 valence electrons. The van der Waals surface area contributed by atoms with Gasteiger partial charge in [0.05, 0.1) is 6.20 Å². The van der Waals surface area contributed by atoms with Crippen LogP contribution < -0.4 is 5.32 Å². The van der Waals surface area contributed by atoms with Gasteiger partial charge in [-0.05, 0) is 30.7 Å². The van der Waals surface area contributed by atoms with Crippen molar-refractivity contribution in [2.24, 2.45) is 5.41 Å². The second kappa shape index (κ2) is 4.92. The number of carboxylic acid groups (broad SMARTS) is 1. The Balaban J connectivity index is 2.07. The smallest absolute Gasteiger partial charge is 0.339 e. The van der Waals surface area contributed by atoms with Crippen molar-refractivity contribution in [2.75, 3.05) is 11.9 Å². The van der Waals surface area contributed by atoms with Gasteiger partial charge in [0.1, 0.15) is 17.2 Å². The summed E-state index contributed by atoms with van der Waals surface area (Å²) in [6, 6.07) is 0.997. The van der Waals surface area contributed by atoms with Gasteiger partial charge in [-0.3, -0.25) is 0 Å². The zero-order chi connectivity index (χ0) is 13.2. The van der Waals surface area contributed by atoms with Crippen LogP contribution in [0.15, 0.2) is 12.3 Å². The molecule has 18 heavy (non-hydrogen) atoms. The fourth-order valence-electron chi connectivity index (χ4n) is 2.24. The van der Waals surface area contributed by atoms with Gasteiger partial charge < -0.3 is 10.4 Å². The van der Waals surface area contributed by atoms with E-state index in [2.05, 4.69) is 17.2 Å². The van der Waals surface area contributed by atoms with Gasteiger partial charge in [-0.2, -0.15) is 0 Å².